The molecule has 0 spiro atoms. The number of hydrogen-bond donors (Lipinski definition) is 0. The van der Waals surface area contributed by atoms with Crippen LogP contribution >= 0.6 is 27.3 Å². The van der Waals surface area contributed by atoms with E-state index >= 15 is 0 Å². The maximum absolute atomic E-state index is 11.8. The number of Topliss-reactive ketones (excluding diaryl/α,β-unsaturated/α-hetero) is 1. The Balaban J connectivity index is 2.68. The molecule has 1 heterocycles. The monoisotopic (exact) mass is 305 g/mol. The first-order chi connectivity index (χ1) is 7.31. The minimum atomic E-state index is -0.966. The molecule has 0 amide bonds. The number of nitrogens with zero attached hydrogens (tertiary/aromatic N) is 1. The third kappa shape index (κ3) is 3.68. The first-order valence-electron chi connectivity index (χ1n) is 4.61. The summed E-state index contributed by atoms with van der Waals surface area (Å²) in [7, 11) is 0. The molecule has 1 rings (SSSR count). The van der Waals surface area contributed by atoms with Crippen molar-refractivity contribution in [2.75, 3.05) is 0 Å². The highest BCUT2D eigenvalue weighted by atomic mass is 79.9. The molecule has 0 saturated carbocycles. The lowest BCUT2D eigenvalue weighted by molar-refractivity contribution is -0.152. The number of carbonyl (C=O) groups excluding carboxylic acids is 2. The van der Waals surface area contributed by atoms with Crippen LogP contribution in [-0.4, -0.2) is 27.2 Å². The molecule has 0 aliphatic heterocycles. The van der Waals surface area contributed by atoms with Crippen molar-refractivity contribution in [3.05, 3.63) is 16.6 Å². The largest absolute Gasteiger partial charge is 0.459 e. The van der Waals surface area contributed by atoms with Crippen molar-refractivity contribution in [1.82, 2.24) is 4.98 Å². The van der Waals surface area contributed by atoms with Crippen LogP contribution in [0.15, 0.2) is 11.7 Å². The predicted molar refractivity (Wildman–Crippen MR) is 65.0 cm³/mol. The SMILES string of the molecule is CC(C)(C)OC(=O)[C@@H](Br)C(=O)c1cncs1. The van der Waals surface area contributed by atoms with Gasteiger partial charge in [-0.3, -0.25) is 14.6 Å². The topological polar surface area (TPSA) is 56.3 Å². The summed E-state index contributed by atoms with van der Waals surface area (Å²) in [5, 5.41) is 0. The smallest absolute Gasteiger partial charge is 0.328 e. The van der Waals surface area contributed by atoms with Gasteiger partial charge >= 0.3 is 5.97 Å². The average molecular weight is 306 g/mol. The molecule has 0 fully saturated rings. The lowest BCUT2D eigenvalue weighted by Crippen LogP contribution is -2.33. The number of alkyl halides is 1. The fraction of sp³-hybridized carbons (Fsp3) is 0.500. The molecule has 6 heteroatoms. The standard InChI is InChI=1S/C10H12BrNO3S/c1-10(2,3)15-9(14)7(11)8(13)6-4-12-5-16-6/h4-5,7H,1-3H3/t7-/m0/s1. The Bertz CT molecular complexity index is 383. The van der Waals surface area contributed by atoms with E-state index in [1.165, 1.54) is 17.5 Å². The second-order valence-corrected chi connectivity index (χ2v) is 5.93. The third-order valence-corrected chi connectivity index (χ3v) is 3.10. The maximum Gasteiger partial charge on any atom is 0.328 e. The number of hydrogen-bond acceptors (Lipinski definition) is 5. The minimum Gasteiger partial charge on any atom is -0.459 e. The summed E-state index contributed by atoms with van der Waals surface area (Å²) in [4.78, 5) is 26.6. The molecule has 0 bridgehead atoms. The van der Waals surface area contributed by atoms with E-state index in [9.17, 15) is 9.59 Å². The predicted octanol–water partition coefficient (Wildman–Crippen LogP) is 2.43. The van der Waals surface area contributed by atoms with E-state index < -0.39 is 16.4 Å². The van der Waals surface area contributed by atoms with Crippen LogP contribution in [0.3, 0.4) is 0 Å². The van der Waals surface area contributed by atoms with Gasteiger partial charge in [0.1, 0.15) is 5.60 Å². The summed E-state index contributed by atoms with van der Waals surface area (Å²) in [6.07, 6.45) is 1.44. The van der Waals surface area contributed by atoms with E-state index in [-0.39, 0.29) is 5.78 Å². The molecule has 0 saturated heterocycles. The highest BCUT2D eigenvalue weighted by molar-refractivity contribution is 9.10. The molecule has 0 unspecified atom stereocenters. The molecule has 88 valence electrons. The quantitative estimate of drug-likeness (QED) is 0.372. The van der Waals surface area contributed by atoms with Crippen molar-refractivity contribution in [2.45, 2.75) is 31.2 Å². The van der Waals surface area contributed by atoms with Crippen molar-refractivity contribution >= 4 is 39.0 Å². The van der Waals surface area contributed by atoms with Gasteiger partial charge < -0.3 is 4.74 Å². The van der Waals surface area contributed by atoms with Gasteiger partial charge in [0.15, 0.2) is 10.6 Å². The number of thiazole rings is 1. The highest BCUT2D eigenvalue weighted by Crippen LogP contribution is 2.18. The molecule has 1 aromatic heterocycles. The molecule has 1 aromatic rings. The maximum atomic E-state index is 11.8. The average Bonchev–Trinajstić information content (AvgIpc) is 2.65. The zero-order chi connectivity index (χ0) is 12.3. The van der Waals surface area contributed by atoms with Gasteiger partial charge in [-0.2, -0.15) is 0 Å². The Morgan fingerprint density at radius 3 is 2.56 bits per heavy atom. The molecule has 0 aliphatic rings. The summed E-state index contributed by atoms with van der Waals surface area (Å²) < 4.78 is 5.10. The summed E-state index contributed by atoms with van der Waals surface area (Å²) in [5.41, 5.74) is 0.944. The van der Waals surface area contributed by atoms with E-state index in [1.807, 2.05) is 0 Å². The van der Waals surface area contributed by atoms with E-state index in [0.29, 0.717) is 4.88 Å². The molecule has 4 nitrogen and oxygen atoms in total. The molecular weight excluding hydrogens is 294 g/mol. The number of aromatic nitrogens is 1. The summed E-state index contributed by atoms with van der Waals surface area (Å²) >= 11 is 4.23. The number of carbonyl (C=O) groups is 2. The third-order valence-electron chi connectivity index (χ3n) is 1.52. The lowest BCUT2D eigenvalue weighted by atomic mass is 10.2. The second-order valence-electron chi connectivity index (χ2n) is 4.13. The van der Waals surface area contributed by atoms with Crippen molar-refractivity contribution in [3.63, 3.8) is 0 Å². The number of ether oxygens (including phenoxy) is 1. The zero-order valence-electron chi connectivity index (χ0n) is 9.19. The Hall–Kier alpha value is -0.750. The van der Waals surface area contributed by atoms with Crippen LogP contribution in [0.5, 0.6) is 0 Å². The summed E-state index contributed by atoms with van der Waals surface area (Å²) in [6.45, 7) is 5.26. The van der Waals surface area contributed by atoms with Crippen LogP contribution in [0.1, 0.15) is 30.4 Å². The number of rotatable bonds is 3. The number of ketones is 1. The van der Waals surface area contributed by atoms with Gasteiger partial charge in [0.2, 0.25) is 0 Å². The van der Waals surface area contributed by atoms with E-state index in [2.05, 4.69) is 20.9 Å². The Morgan fingerprint density at radius 2 is 2.12 bits per heavy atom. The van der Waals surface area contributed by atoms with Gasteiger partial charge in [-0.25, -0.2) is 0 Å². The van der Waals surface area contributed by atoms with E-state index in [1.54, 1.807) is 26.3 Å². The minimum absolute atomic E-state index is 0.322. The van der Waals surface area contributed by atoms with Crippen molar-refractivity contribution < 1.29 is 14.3 Å². The highest BCUT2D eigenvalue weighted by Gasteiger charge is 2.30. The molecule has 0 aliphatic carbocycles. The van der Waals surface area contributed by atoms with Crippen LogP contribution in [0.25, 0.3) is 0 Å². The number of halogens is 1. The van der Waals surface area contributed by atoms with Crippen LogP contribution in [0, 0.1) is 0 Å². The van der Waals surface area contributed by atoms with Crippen molar-refractivity contribution in [3.8, 4) is 0 Å². The fourth-order valence-electron chi connectivity index (χ4n) is 0.923. The van der Waals surface area contributed by atoms with Gasteiger partial charge in [-0.15, -0.1) is 11.3 Å². The van der Waals surface area contributed by atoms with Crippen molar-refractivity contribution in [1.29, 1.82) is 0 Å². The summed E-state index contributed by atoms with van der Waals surface area (Å²) in [6, 6.07) is 0. The van der Waals surface area contributed by atoms with Crippen LogP contribution in [-0.2, 0) is 9.53 Å². The first kappa shape index (κ1) is 13.3. The molecule has 0 radical (unpaired) electrons. The zero-order valence-corrected chi connectivity index (χ0v) is 11.6. The molecule has 0 aromatic carbocycles. The molecular formula is C10H12BrNO3S. The van der Waals surface area contributed by atoms with Crippen molar-refractivity contribution in [2.24, 2.45) is 0 Å². The molecule has 1 atom stereocenters. The Labute approximate surface area is 106 Å². The van der Waals surface area contributed by atoms with Crippen LogP contribution in [0.2, 0.25) is 0 Å². The normalized spacial score (nSPS) is 13.2. The van der Waals surface area contributed by atoms with E-state index in [4.69, 9.17) is 4.74 Å². The fourth-order valence-corrected chi connectivity index (χ4v) is 2.01. The van der Waals surface area contributed by atoms with Crippen LogP contribution in [0.4, 0.5) is 0 Å². The van der Waals surface area contributed by atoms with Gasteiger partial charge in [0, 0.05) is 6.20 Å². The summed E-state index contributed by atoms with van der Waals surface area (Å²) in [5.74, 6) is -0.900. The Morgan fingerprint density at radius 1 is 1.50 bits per heavy atom. The lowest BCUT2D eigenvalue weighted by Gasteiger charge is -2.20. The van der Waals surface area contributed by atoms with Gasteiger partial charge in [0.25, 0.3) is 0 Å². The molecule has 16 heavy (non-hydrogen) atoms. The van der Waals surface area contributed by atoms with Crippen LogP contribution < -0.4 is 0 Å². The number of esters is 1. The van der Waals surface area contributed by atoms with Gasteiger partial charge in [-0.1, -0.05) is 15.9 Å². The Kier molecular flexibility index (Phi) is 4.21. The first-order valence-corrected chi connectivity index (χ1v) is 6.40. The second kappa shape index (κ2) is 5.05. The van der Waals surface area contributed by atoms with Gasteiger partial charge in [-0.05, 0) is 20.8 Å². The van der Waals surface area contributed by atoms with Gasteiger partial charge in [0.05, 0.1) is 10.4 Å². The molecule has 0 N–H and O–H groups in total. The van der Waals surface area contributed by atoms with E-state index in [0.717, 1.165) is 0 Å².